The van der Waals surface area contributed by atoms with Gasteiger partial charge in [-0.25, -0.2) is 13.6 Å². The summed E-state index contributed by atoms with van der Waals surface area (Å²) in [7, 11) is -3.64. The summed E-state index contributed by atoms with van der Waals surface area (Å²) >= 11 is 0. The molecule has 152 valence electrons. The van der Waals surface area contributed by atoms with Gasteiger partial charge in [0.25, 0.3) is 5.91 Å². The Hall–Kier alpha value is -1.93. The number of nitrogens with zero attached hydrogens (tertiary/aromatic N) is 1. The van der Waals surface area contributed by atoms with E-state index in [1.165, 1.54) is 5.56 Å². The van der Waals surface area contributed by atoms with E-state index in [2.05, 4.69) is 36.5 Å². The van der Waals surface area contributed by atoms with E-state index in [1.807, 2.05) is 4.90 Å². The number of piperazine rings is 1. The fraction of sp³-hybridized carbons (Fsp3) is 0.350. The lowest BCUT2D eigenvalue weighted by molar-refractivity contribution is 0.0634. The SMILES string of the molecule is CCc1ccc(C2CNCCN2C(=O)c2cccc(CS(N)(=O)=O)c2)cc1.Cl. The molecule has 0 bridgehead atoms. The van der Waals surface area contributed by atoms with E-state index in [1.54, 1.807) is 24.3 Å². The minimum Gasteiger partial charge on any atom is -0.329 e. The van der Waals surface area contributed by atoms with Crippen LogP contribution < -0.4 is 10.5 Å². The highest BCUT2D eigenvalue weighted by atomic mass is 35.5. The molecule has 0 aromatic heterocycles. The number of nitrogens with one attached hydrogen (secondary N) is 1. The molecule has 2 aromatic carbocycles. The lowest BCUT2D eigenvalue weighted by atomic mass is 9.99. The zero-order chi connectivity index (χ0) is 19.4. The summed E-state index contributed by atoms with van der Waals surface area (Å²) in [5, 5.41) is 8.48. The molecule has 1 fully saturated rings. The Morgan fingerprint density at radius 3 is 2.54 bits per heavy atom. The summed E-state index contributed by atoms with van der Waals surface area (Å²) in [6.07, 6.45) is 0.975. The summed E-state index contributed by atoms with van der Waals surface area (Å²) in [6.45, 7) is 4.13. The molecule has 6 nitrogen and oxygen atoms in total. The van der Waals surface area contributed by atoms with Gasteiger partial charge in [-0.2, -0.15) is 0 Å². The molecule has 2 aromatic rings. The van der Waals surface area contributed by atoms with E-state index < -0.39 is 10.0 Å². The molecule has 8 heteroatoms. The molecular formula is C20H26ClN3O3S. The molecule has 1 atom stereocenters. The number of benzene rings is 2. The zero-order valence-corrected chi connectivity index (χ0v) is 17.4. The maximum atomic E-state index is 13.1. The molecule has 1 saturated heterocycles. The lowest BCUT2D eigenvalue weighted by Gasteiger charge is -2.36. The van der Waals surface area contributed by atoms with Crippen molar-refractivity contribution >= 4 is 28.3 Å². The number of amides is 1. The smallest absolute Gasteiger partial charge is 0.254 e. The van der Waals surface area contributed by atoms with Crippen molar-refractivity contribution in [3.63, 3.8) is 0 Å². The van der Waals surface area contributed by atoms with Gasteiger partial charge in [0.2, 0.25) is 10.0 Å². The summed E-state index contributed by atoms with van der Waals surface area (Å²) in [5.74, 6) is -0.380. The van der Waals surface area contributed by atoms with Crippen LogP contribution in [0.25, 0.3) is 0 Å². The van der Waals surface area contributed by atoms with Gasteiger partial charge in [-0.3, -0.25) is 4.79 Å². The van der Waals surface area contributed by atoms with Crippen molar-refractivity contribution in [3.05, 3.63) is 70.8 Å². The number of primary sulfonamides is 1. The van der Waals surface area contributed by atoms with Crippen molar-refractivity contribution in [2.45, 2.75) is 25.1 Å². The molecule has 0 radical (unpaired) electrons. The number of carbonyl (C=O) groups is 1. The van der Waals surface area contributed by atoms with Crippen LogP contribution in [0.5, 0.6) is 0 Å². The summed E-state index contributed by atoms with van der Waals surface area (Å²) < 4.78 is 22.7. The Morgan fingerprint density at radius 1 is 1.18 bits per heavy atom. The third kappa shape index (κ3) is 5.54. The average Bonchev–Trinajstić information content (AvgIpc) is 2.66. The van der Waals surface area contributed by atoms with E-state index >= 15 is 0 Å². The van der Waals surface area contributed by atoms with Crippen molar-refractivity contribution in [1.29, 1.82) is 0 Å². The fourth-order valence-electron chi connectivity index (χ4n) is 3.41. The van der Waals surface area contributed by atoms with Crippen LogP contribution in [-0.4, -0.2) is 38.9 Å². The van der Waals surface area contributed by atoms with Crippen molar-refractivity contribution in [2.75, 3.05) is 19.6 Å². The Balaban J connectivity index is 0.00000280. The van der Waals surface area contributed by atoms with Crippen LogP contribution >= 0.6 is 12.4 Å². The first-order valence-corrected chi connectivity index (χ1v) is 10.8. The van der Waals surface area contributed by atoms with Gasteiger partial charge < -0.3 is 10.2 Å². The third-order valence-electron chi connectivity index (χ3n) is 4.82. The fourth-order valence-corrected chi connectivity index (χ4v) is 4.06. The summed E-state index contributed by atoms with van der Waals surface area (Å²) in [6, 6.07) is 15.0. The maximum absolute atomic E-state index is 13.1. The van der Waals surface area contributed by atoms with Gasteiger partial charge in [0.15, 0.2) is 0 Å². The lowest BCUT2D eigenvalue weighted by Crippen LogP contribution is -2.48. The second kappa shape index (κ2) is 9.52. The van der Waals surface area contributed by atoms with E-state index in [0.717, 1.165) is 18.5 Å². The molecule has 1 aliphatic heterocycles. The number of aryl methyl sites for hydroxylation is 1. The summed E-state index contributed by atoms with van der Waals surface area (Å²) in [4.78, 5) is 15.0. The van der Waals surface area contributed by atoms with Gasteiger partial charge in [0.05, 0.1) is 11.8 Å². The normalized spacial score (nSPS) is 17.1. The molecular weight excluding hydrogens is 398 g/mol. The summed E-state index contributed by atoms with van der Waals surface area (Å²) in [5.41, 5.74) is 3.35. The highest BCUT2D eigenvalue weighted by Gasteiger charge is 2.28. The molecule has 1 heterocycles. The van der Waals surface area contributed by atoms with Gasteiger partial charge in [0, 0.05) is 25.2 Å². The van der Waals surface area contributed by atoms with Crippen molar-refractivity contribution in [2.24, 2.45) is 5.14 Å². The van der Waals surface area contributed by atoms with E-state index in [0.29, 0.717) is 24.2 Å². The topological polar surface area (TPSA) is 92.5 Å². The number of sulfonamides is 1. The third-order valence-corrected chi connectivity index (χ3v) is 5.55. The van der Waals surface area contributed by atoms with Crippen LogP contribution in [0.15, 0.2) is 48.5 Å². The first-order valence-electron chi connectivity index (χ1n) is 9.07. The number of carbonyl (C=O) groups excluding carboxylic acids is 1. The zero-order valence-electron chi connectivity index (χ0n) is 15.8. The molecule has 3 N–H and O–H groups in total. The Bertz CT molecular complexity index is 917. The number of rotatable bonds is 5. The van der Waals surface area contributed by atoms with Crippen LogP contribution in [0.3, 0.4) is 0 Å². The van der Waals surface area contributed by atoms with Gasteiger partial charge >= 0.3 is 0 Å². The Kier molecular flexibility index (Phi) is 7.60. The molecule has 3 rings (SSSR count). The first kappa shape index (κ1) is 22.4. The van der Waals surface area contributed by atoms with Crippen molar-refractivity contribution in [3.8, 4) is 0 Å². The van der Waals surface area contributed by atoms with Crippen LogP contribution in [0.2, 0.25) is 0 Å². The Labute approximate surface area is 172 Å². The van der Waals surface area contributed by atoms with Crippen molar-refractivity contribution in [1.82, 2.24) is 10.2 Å². The van der Waals surface area contributed by atoms with Crippen LogP contribution in [0, 0.1) is 0 Å². The van der Waals surface area contributed by atoms with E-state index in [4.69, 9.17) is 5.14 Å². The highest BCUT2D eigenvalue weighted by Crippen LogP contribution is 2.25. The van der Waals surface area contributed by atoms with Crippen molar-refractivity contribution < 1.29 is 13.2 Å². The molecule has 1 aliphatic rings. The standard InChI is InChI=1S/C20H25N3O3S.ClH/c1-2-15-6-8-17(9-7-15)19-13-22-10-11-23(19)20(24)18-5-3-4-16(12-18)14-27(21,25)26;/h3-9,12,19,22H,2,10-11,13-14H2,1H3,(H2,21,25,26);1H. The molecule has 28 heavy (non-hydrogen) atoms. The van der Waals surface area contributed by atoms with Crippen LogP contribution in [-0.2, 0) is 22.2 Å². The van der Waals surface area contributed by atoms with Gasteiger partial charge in [-0.1, -0.05) is 43.3 Å². The predicted octanol–water partition coefficient (Wildman–Crippen LogP) is 2.25. The van der Waals surface area contributed by atoms with Gasteiger partial charge in [-0.15, -0.1) is 12.4 Å². The first-order chi connectivity index (χ1) is 12.9. The second-order valence-electron chi connectivity index (χ2n) is 6.82. The number of hydrogen-bond donors (Lipinski definition) is 2. The largest absolute Gasteiger partial charge is 0.329 e. The molecule has 0 saturated carbocycles. The van der Waals surface area contributed by atoms with Gasteiger partial charge in [-0.05, 0) is 35.2 Å². The van der Waals surface area contributed by atoms with E-state index in [-0.39, 0.29) is 30.1 Å². The minimum absolute atomic E-state index is 0. The van der Waals surface area contributed by atoms with Crippen LogP contribution in [0.4, 0.5) is 0 Å². The second-order valence-corrected chi connectivity index (χ2v) is 8.44. The highest BCUT2D eigenvalue weighted by molar-refractivity contribution is 7.88. The quantitative estimate of drug-likeness (QED) is 0.771. The number of halogens is 1. The maximum Gasteiger partial charge on any atom is 0.254 e. The molecule has 0 aliphatic carbocycles. The average molecular weight is 424 g/mol. The minimum atomic E-state index is -3.64. The monoisotopic (exact) mass is 423 g/mol. The van der Waals surface area contributed by atoms with Crippen LogP contribution in [0.1, 0.15) is 40.0 Å². The number of hydrogen-bond acceptors (Lipinski definition) is 4. The number of nitrogens with two attached hydrogens (primary N) is 1. The van der Waals surface area contributed by atoms with E-state index in [9.17, 15) is 13.2 Å². The predicted molar refractivity (Wildman–Crippen MR) is 113 cm³/mol. The Morgan fingerprint density at radius 2 is 1.89 bits per heavy atom. The molecule has 1 unspecified atom stereocenters. The molecule has 0 spiro atoms. The molecule has 1 amide bonds. The van der Waals surface area contributed by atoms with Gasteiger partial charge in [0.1, 0.15) is 0 Å².